The van der Waals surface area contributed by atoms with Gasteiger partial charge < -0.3 is 10.1 Å². The number of esters is 1. The average Bonchev–Trinajstić information content (AvgIpc) is 2.69. The number of ether oxygens (including phenoxy) is 1. The highest BCUT2D eigenvalue weighted by Crippen LogP contribution is 2.16. The lowest BCUT2D eigenvalue weighted by atomic mass is 10.1. The fourth-order valence-electron chi connectivity index (χ4n) is 2.59. The fraction of sp³-hybridized carbons (Fsp3) is 0.130. The second-order valence-corrected chi connectivity index (χ2v) is 6.30. The van der Waals surface area contributed by atoms with Gasteiger partial charge in [-0.1, -0.05) is 48.0 Å². The van der Waals surface area contributed by atoms with Crippen LogP contribution in [0.2, 0.25) is 0 Å². The largest absolute Gasteiger partial charge is 0.427 e. The van der Waals surface area contributed by atoms with Crippen molar-refractivity contribution < 1.29 is 14.3 Å². The quantitative estimate of drug-likeness (QED) is 0.509. The molecule has 0 aliphatic rings. The Morgan fingerprint density at radius 3 is 2.19 bits per heavy atom. The van der Waals surface area contributed by atoms with Gasteiger partial charge in [-0.25, -0.2) is 0 Å². The Morgan fingerprint density at radius 1 is 0.852 bits per heavy atom. The molecule has 27 heavy (non-hydrogen) atoms. The van der Waals surface area contributed by atoms with Gasteiger partial charge in [0.2, 0.25) is 0 Å². The maximum Gasteiger partial charge on any atom is 0.311 e. The van der Waals surface area contributed by atoms with Crippen molar-refractivity contribution in [3.8, 4) is 5.75 Å². The lowest BCUT2D eigenvalue weighted by Gasteiger charge is -2.07. The molecule has 0 saturated heterocycles. The van der Waals surface area contributed by atoms with Gasteiger partial charge in [-0.15, -0.1) is 0 Å². The normalized spacial score (nSPS) is 10.3. The molecule has 0 spiro atoms. The lowest BCUT2D eigenvalue weighted by molar-refractivity contribution is -0.134. The summed E-state index contributed by atoms with van der Waals surface area (Å²) in [6.45, 7) is 1.99. The van der Waals surface area contributed by atoms with Crippen molar-refractivity contribution in [2.45, 2.75) is 19.8 Å². The topological polar surface area (TPSA) is 55.4 Å². The number of rotatable bonds is 6. The van der Waals surface area contributed by atoms with Crippen molar-refractivity contribution >= 4 is 17.6 Å². The number of hydrogen-bond acceptors (Lipinski definition) is 3. The van der Waals surface area contributed by atoms with E-state index in [4.69, 9.17) is 4.74 Å². The van der Waals surface area contributed by atoms with Crippen LogP contribution in [0, 0.1) is 6.92 Å². The van der Waals surface area contributed by atoms with E-state index in [1.807, 2.05) is 61.5 Å². The van der Waals surface area contributed by atoms with Gasteiger partial charge in [-0.3, -0.25) is 9.59 Å². The van der Waals surface area contributed by atoms with E-state index in [2.05, 4.69) is 5.32 Å². The first-order chi connectivity index (χ1) is 13.1. The minimum absolute atomic E-state index is 0.208. The van der Waals surface area contributed by atoms with E-state index < -0.39 is 0 Å². The highest BCUT2D eigenvalue weighted by molar-refractivity contribution is 6.04. The summed E-state index contributed by atoms with van der Waals surface area (Å²) in [4.78, 5) is 24.2. The van der Waals surface area contributed by atoms with E-state index >= 15 is 0 Å². The Morgan fingerprint density at radius 2 is 1.52 bits per heavy atom. The van der Waals surface area contributed by atoms with Crippen LogP contribution in [-0.2, 0) is 11.2 Å². The van der Waals surface area contributed by atoms with Gasteiger partial charge in [0, 0.05) is 17.7 Å². The maximum atomic E-state index is 12.3. The van der Waals surface area contributed by atoms with Gasteiger partial charge in [-0.05, 0) is 55.3 Å². The highest BCUT2D eigenvalue weighted by atomic mass is 16.5. The summed E-state index contributed by atoms with van der Waals surface area (Å²) in [6.07, 6.45) is 0.941. The van der Waals surface area contributed by atoms with E-state index in [1.165, 1.54) is 0 Å². The van der Waals surface area contributed by atoms with Gasteiger partial charge in [0.05, 0.1) is 0 Å². The molecule has 3 rings (SSSR count). The Kier molecular flexibility index (Phi) is 6.00. The molecule has 0 aliphatic carbocycles. The summed E-state index contributed by atoms with van der Waals surface area (Å²) in [5, 5.41) is 2.84. The third-order valence-electron chi connectivity index (χ3n) is 4.12. The van der Waals surface area contributed by atoms with Gasteiger partial charge in [0.1, 0.15) is 5.75 Å². The van der Waals surface area contributed by atoms with Crippen LogP contribution in [0.5, 0.6) is 5.75 Å². The van der Waals surface area contributed by atoms with E-state index in [0.29, 0.717) is 24.2 Å². The fourth-order valence-corrected chi connectivity index (χ4v) is 2.59. The number of carbonyl (C=O) groups excluding carboxylic acids is 2. The molecule has 1 N–H and O–H groups in total. The molecular weight excluding hydrogens is 338 g/mol. The van der Waals surface area contributed by atoms with Crippen LogP contribution >= 0.6 is 0 Å². The molecule has 0 bridgehead atoms. The van der Waals surface area contributed by atoms with Crippen molar-refractivity contribution in [3.63, 3.8) is 0 Å². The molecule has 136 valence electrons. The summed E-state index contributed by atoms with van der Waals surface area (Å²) >= 11 is 0. The number of aryl methyl sites for hydroxylation is 2. The van der Waals surface area contributed by atoms with Crippen molar-refractivity contribution in [2.24, 2.45) is 0 Å². The van der Waals surface area contributed by atoms with Crippen LogP contribution in [-0.4, -0.2) is 11.9 Å². The highest BCUT2D eigenvalue weighted by Gasteiger charge is 2.09. The summed E-state index contributed by atoms with van der Waals surface area (Å²) in [5.74, 6) is -0.0727. The predicted molar refractivity (Wildman–Crippen MR) is 106 cm³/mol. The summed E-state index contributed by atoms with van der Waals surface area (Å²) in [5.41, 5.74) is 3.46. The lowest BCUT2D eigenvalue weighted by Crippen LogP contribution is -2.12. The van der Waals surface area contributed by atoms with Crippen LogP contribution in [0.4, 0.5) is 5.69 Å². The van der Waals surface area contributed by atoms with Gasteiger partial charge in [0.25, 0.3) is 5.91 Å². The third kappa shape index (κ3) is 5.54. The second-order valence-electron chi connectivity index (χ2n) is 6.30. The Balaban J connectivity index is 1.52. The number of benzene rings is 3. The van der Waals surface area contributed by atoms with Crippen LogP contribution < -0.4 is 10.1 Å². The van der Waals surface area contributed by atoms with Crippen LogP contribution in [0.25, 0.3) is 0 Å². The van der Waals surface area contributed by atoms with Crippen molar-refractivity contribution in [1.29, 1.82) is 0 Å². The van der Waals surface area contributed by atoms with E-state index in [1.54, 1.807) is 24.3 Å². The Labute approximate surface area is 158 Å². The average molecular weight is 359 g/mol. The molecule has 1 amide bonds. The van der Waals surface area contributed by atoms with E-state index in [9.17, 15) is 9.59 Å². The number of carbonyl (C=O) groups is 2. The minimum atomic E-state index is -0.296. The molecule has 0 atom stereocenters. The molecule has 4 nitrogen and oxygen atoms in total. The van der Waals surface area contributed by atoms with Crippen molar-refractivity contribution in [3.05, 3.63) is 95.6 Å². The number of amides is 1. The molecule has 0 heterocycles. The first-order valence-electron chi connectivity index (χ1n) is 8.83. The third-order valence-corrected chi connectivity index (χ3v) is 4.12. The number of nitrogens with one attached hydrogen (secondary N) is 1. The molecule has 0 aliphatic heterocycles. The second kappa shape index (κ2) is 8.81. The molecule has 0 saturated carbocycles. The molecule has 4 heteroatoms. The maximum absolute atomic E-state index is 12.3. The minimum Gasteiger partial charge on any atom is -0.427 e. The summed E-state index contributed by atoms with van der Waals surface area (Å²) in [6, 6.07) is 23.9. The van der Waals surface area contributed by atoms with Crippen LogP contribution in [0.15, 0.2) is 78.9 Å². The summed E-state index contributed by atoms with van der Waals surface area (Å²) in [7, 11) is 0. The zero-order chi connectivity index (χ0) is 19.1. The van der Waals surface area contributed by atoms with E-state index in [-0.39, 0.29) is 11.9 Å². The molecule has 3 aromatic carbocycles. The molecule has 0 fully saturated rings. The predicted octanol–water partition coefficient (Wildman–Crippen LogP) is 4.79. The van der Waals surface area contributed by atoms with Crippen molar-refractivity contribution in [1.82, 2.24) is 0 Å². The Bertz CT molecular complexity index is 901. The van der Waals surface area contributed by atoms with Gasteiger partial charge in [-0.2, -0.15) is 0 Å². The summed E-state index contributed by atoms with van der Waals surface area (Å²) < 4.78 is 5.33. The molecule has 0 unspecified atom stereocenters. The van der Waals surface area contributed by atoms with Crippen LogP contribution in [0.3, 0.4) is 0 Å². The first kappa shape index (κ1) is 18.4. The smallest absolute Gasteiger partial charge is 0.311 e. The molecule has 0 radical (unpaired) electrons. The monoisotopic (exact) mass is 359 g/mol. The number of anilines is 1. The SMILES string of the molecule is Cc1ccc(NC(=O)c2ccc(OC(=O)CCc3ccccc3)cc2)cc1. The standard InChI is InChI=1S/C23H21NO3/c1-17-7-12-20(13-8-17)24-23(26)19-10-14-21(15-11-19)27-22(25)16-9-18-5-3-2-4-6-18/h2-8,10-15H,9,16H2,1H3,(H,24,26). The zero-order valence-electron chi connectivity index (χ0n) is 15.1. The van der Waals surface area contributed by atoms with E-state index in [0.717, 1.165) is 16.8 Å². The molecular formula is C23H21NO3. The molecule has 0 aromatic heterocycles. The molecule has 3 aromatic rings. The van der Waals surface area contributed by atoms with Gasteiger partial charge >= 0.3 is 5.97 Å². The van der Waals surface area contributed by atoms with Crippen molar-refractivity contribution in [2.75, 3.05) is 5.32 Å². The first-order valence-corrected chi connectivity index (χ1v) is 8.83. The number of hydrogen-bond donors (Lipinski definition) is 1. The zero-order valence-corrected chi connectivity index (χ0v) is 15.1. The Hall–Kier alpha value is -3.40. The van der Waals surface area contributed by atoms with Gasteiger partial charge in [0.15, 0.2) is 0 Å². The van der Waals surface area contributed by atoms with Crippen LogP contribution in [0.1, 0.15) is 27.9 Å².